The Morgan fingerprint density at radius 1 is 1.67 bits per heavy atom. The van der Waals surface area contributed by atoms with E-state index in [1.165, 1.54) is 0 Å². The third-order valence-corrected chi connectivity index (χ3v) is 2.11. The highest BCUT2D eigenvalue weighted by molar-refractivity contribution is 4.81. The molecule has 0 aromatic rings. The van der Waals surface area contributed by atoms with Crippen LogP contribution in [0, 0.1) is 0 Å². The van der Waals surface area contributed by atoms with Crippen LogP contribution < -0.4 is 0 Å². The molecule has 0 saturated carbocycles. The van der Waals surface area contributed by atoms with E-state index in [1.807, 2.05) is 7.05 Å². The fourth-order valence-corrected chi connectivity index (χ4v) is 1.49. The summed E-state index contributed by atoms with van der Waals surface area (Å²) in [5, 5.41) is 0. The molecule has 0 aromatic carbocycles. The number of alkyl halides is 1. The summed E-state index contributed by atoms with van der Waals surface area (Å²) in [4.78, 5) is 2.10. The molecule has 0 amide bonds. The average molecular weight is 131 g/mol. The van der Waals surface area contributed by atoms with Crippen molar-refractivity contribution in [1.82, 2.24) is 4.90 Å². The van der Waals surface area contributed by atoms with Gasteiger partial charge in [0.15, 0.2) is 0 Å². The van der Waals surface area contributed by atoms with E-state index < -0.39 is 6.17 Å². The Balaban J connectivity index is 2.38. The van der Waals surface area contributed by atoms with Crippen molar-refractivity contribution in [2.75, 3.05) is 13.6 Å². The lowest BCUT2D eigenvalue weighted by Gasteiger charge is -2.15. The second kappa shape index (κ2) is 2.65. The van der Waals surface area contributed by atoms with Crippen molar-refractivity contribution in [1.29, 1.82) is 0 Å². The highest BCUT2D eigenvalue weighted by atomic mass is 19.1. The first-order valence-electron chi connectivity index (χ1n) is 3.58. The number of likely N-dealkylation sites (tertiary alicyclic amines) is 1. The Labute approximate surface area is 55.8 Å². The van der Waals surface area contributed by atoms with Crippen molar-refractivity contribution >= 4 is 0 Å². The molecule has 1 aliphatic rings. The van der Waals surface area contributed by atoms with Crippen molar-refractivity contribution in [3.8, 4) is 0 Å². The average Bonchev–Trinajstić information content (AvgIpc) is 2.10. The third-order valence-electron chi connectivity index (χ3n) is 2.11. The van der Waals surface area contributed by atoms with Gasteiger partial charge in [-0.25, -0.2) is 4.39 Å². The van der Waals surface area contributed by atoms with Crippen molar-refractivity contribution in [2.45, 2.75) is 32.0 Å². The molecular formula is C7H14FN. The fraction of sp³-hybridized carbons (Fsp3) is 1.00. The van der Waals surface area contributed by atoms with E-state index in [2.05, 4.69) is 11.8 Å². The summed E-state index contributed by atoms with van der Waals surface area (Å²) >= 11 is 0. The zero-order valence-electron chi connectivity index (χ0n) is 6.10. The number of hydrogen-bond acceptors (Lipinski definition) is 1. The number of nitrogens with zero attached hydrogens (tertiary/aromatic N) is 1. The molecule has 2 atom stereocenters. The zero-order chi connectivity index (χ0) is 6.85. The number of halogens is 1. The lowest BCUT2D eigenvalue weighted by Crippen LogP contribution is -2.23. The summed E-state index contributed by atoms with van der Waals surface area (Å²) in [5.74, 6) is 0. The van der Waals surface area contributed by atoms with Crippen LogP contribution in [0.15, 0.2) is 0 Å². The number of hydrogen-bond donors (Lipinski definition) is 0. The van der Waals surface area contributed by atoms with Gasteiger partial charge in [-0.05, 0) is 19.9 Å². The molecule has 1 aliphatic heterocycles. The maximum Gasteiger partial charge on any atom is 0.114 e. The Morgan fingerprint density at radius 2 is 2.33 bits per heavy atom. The van der Waals surface area contributed by atoms with Gasteiger partial charge in [0.25, 0.3) is 0 Å². The second-order valence-electron chi connectivity index (χ2n) is 2.83. The summed E-state index contributed by atoms with van der Waals surface area (Å²) < 4.78 is 12.6. The minimum absolute atomic E-state index is 0.500. The van der Waals surface area contributed by atoms with Crippen LogP contribution in [0.25, 0.3) is 0 Å². The summed E-state index contributed by atoms with van der Waals surface area (Å²) in [7, 11) is 1.99. The van der Waals surface area contributed by atoms with E-state index >= 15 is 0 Å². The highest BCUT2D eigenvalue weighted by Crippen LogP contribution is 2.19. The van der Waals surface area contributed by atoms with Gasteiger partial charge in [0.2, 0.25) is 0 Å². The van der Waals surface area contributed by atoms with Crippen LogP contribution in [-0.4, -0.2) is 30.7 Å². The SMILES string of the molecule is CC[C@H]1C[C@H](F)CN1C. The normalized spacial score (nSPS) is 37.7. The standard InChI is InChI=1S/C7H14FN/c1-3-7-4-6(8)5-9(7)2/h6-7H,3-5H2,1-2H3/t6-,7-/m0/s1. The van der Waals surface area contributed by atoms with E-state index in [4.69, 9.17) is 0 Å². The fourth-order valence-electron chi connectivity index (χ4n) is 1.49. The van der Waals surface area contributed by atoms with Crippen LogP contribution in [0.1, 0.15) is 19.8 Å². The van der Waals surface area contributed by atoms with Gasteiger partial charge in [0.1, 0.15) is 6.17 Å². The first kappa shape index (κ1) is 7.00. The molecule has 0 unspecified atom stereocenters. The quantitative estimate of drug-likeness (QED) is 0.520. The smallest absolute Gasteiger partial charge is 0.114 e. The Morgan fingerprint density at radius 3 is 2.56 bits per heavy atom. The van der Waals surface area contributed by atoms with Crippen molar-refractivity contribution < 1.29 is 4.39 Å². The maximum atomic E-state index is 12.6. The lowest BCUT2D eigenvalue weighted by molar-refractivity contribution is 0.290. The van der Waals surface area contributed by atoms with E-state index in [1.54, 1.807) is 0 Å². The van der Waals surface area contributed by atoms with Crippen LogP contribution in [-0.2, 0) is 0 Å². The lowest BCUT2D eigenvalue weighted by atomic mass is 10.2. The van der Waals surface area contributed by atoms with Gasteiger partial charge in [-0.2, -0.15) is 0 Å². The molecule has 1 saturated heterocycles. The van der Waals surface area contributed by atoms with Crippen LogP contribution >= 0.6 is 0 Å². The molecule has 9 heavy (non-hydrogen) atoms. The van der Waals surface area contributed by atoms with Crippen molar-refractivity contribution in [3.05, 3.63) is 0 Å². The van der Waals surface area contributed by atoms with Gasteiger partial charge in [-0.1, -0.05) is 6.92 Å². The first-order valence-corrected chi connectivity index (χ1v) is 3.58. The van der Waals surface area contributed by atoms with Gasteiger partial charge >= 0.3 is 0 Å². The molecule has 0 spiro atoms. The second-order valence-corrected chi connectivity index (χ2v) is 2.83. The monoisotopic (exact) mass is 131 g/mol. The maximum absolute atomic E-state index is 12.6. The Hall–Kier alpha value is -0.110. The molecule has 0 aromatic heterocycles. The van der Waals surface area contributed by atoms with E-state index in [0.717, 1.165) is 12.8 Å². The zero-order valence-corrected chi connectivity index (χ0v) is 6.10. The van der Waals surface area contributed by atoms with Gasteiger partial charge < -0.3 is 4.90 Å². The van der Waals surface area contributed by atoms with Crippen LogP contribution in [0.4, 0.5) is 4.39 Å². The largest absolute Gasteiger partial charge is 0.300 e. The highest BCUT2D eigenvalue weighted by Gasteiger charge is 2.27. The Bertz CT molecular complexity index is 94.9. The molecule has 1 nitrogen and oxygen atoms in total. The minimum Gasteiger partial charge on any atom is -0.300 e. The first-order chi connectivity index (χ1) is 4.24. The Kier molecular flexibility index (Phi) is 2.06. The molecule has 2 heteroatoms. The molecule has 0 aliphatic carbocycles. The molecule has 1 heterocycles. The van der Waals surface area contributed by atoms with Crippen LogP contribution in [0.2, 0.25) is 0 Å². The van der Waals surface area contributed by atoms with Gasteiger partial charge in [0, 0.05) is 12.6 Å². The van der Waals surface area contributed by atoms with Gasteiger partial charge in [0.05, 0.1) is 0 Å². The molecule has 54 valence electrons. The summed E-state index contributed by atoms with van der Waals surface area (Å²) in [6.45, 7) is 2.75. The summed E-state index contributed by atoms with van der Waals surface area (Å²) in [5.41, 5.74) is 0. The molecule has 0 bridgehead atoms. The van der Waals surface area contributed by atoms with E-state index in [-0.39, 0.29) is 0 Å². The van der Waals surface area contributed by atoms with E-state index in [0.29, 0.717) is 12.6 Å². The predicted molar refractivity (Wildman–Crippen MR) is 36.2 cm³/mol. The minimum atomic E-state index is -0.569. The van der Waals surface area contributed by atoms with Gasteiger partial charge in [-0.15, -0.1) is 0 Å². The molecule has 0 N–H and O–H groups in total. The van der Waals surface area contributed by atoms with Crippen LogP contribution in [0.3, 0.4) is 0 Å². The van der Waals surface area contributed by atoms with Gasteiger partial charge in [-0.3, -0.25) is 0 Å². The molecule has 1 fully saturated rings. The summed E-state index contributed by atoms with van der Waals surface area (Å²) in [6, 6.07) is 0.500. The molecule has 1 rings (SSSR count). The number of rotatable bonds is 1. The van der Waals surface area contributed by atoms with Crippen LogP contribution in [0.5, 0.6) is 0 Å². The molecular weight excluding hydrogens is 117 g/mol. The van der Waals surface area contributed by atoms with Crippen molar-refractivity contribution in [3.63, 3.8) is 0 Å². The molecule has 0 radical (unpaired) electrons. The topological polar surface area (TPSA) is 3.24 Å². The summed E-state index contributed by atoms with van der Waals surface area (Å²) in [6.07, 6.45) is 1.25. The van der Waals surface area contributed by atoms with E-state index in [9.17, 15) is 4.39 Å². The van der Waals surface area contributed by atoms with Crippen molar-refractivity contribution in [2.24, 2.45) is 0 Å². The predicted octanol–water partition coefficient (Wildman–Crippen LogP) is 1.44. The third kappa shape index (κ3) is 1.42.